The zero-order valence-electron chi connectivity index (χ0n) is 29.1. The van der Waals surface area contributed by atoms with Gasteiger partial charge in [0.2, 0.25) is 5.91 Å². The highest BCUT2D eigenvalue weighted by molar-refractivity contribution is 6.01. The molecule has 0 radical (unpaired) electrons. The smallest absolute Gasteiger partial charge is 0.255 e. The van der Waals surface area contributed by atoms with Crippen LogP contribution < -0.4 is 15.1 Å². The summed E-state index contributed by atoms with van der Waals surface area (Å²) in [4.78, 5) is 31.6. The quantitative estimate of drug-likeness (QED) is 0.286. The fourth-order valence-electron chi connectivity index (χ4n) is 5.99. The van der Waals surface area contributed by atoms with Gasteiger partial charge in [-0.25, -0.2) is 0 Å². The van der Waals surface area contributed by atoms with E-state index < -0.39 is 6.04 Å². The minimum absolute atomic E-state index is 0.0354. The maximum Gasteiger partial charge on any atom is 0.255 e. The van der Waals surface area contributed by atoms with Crippen LogP contribution in [0.5, 0.6) is 0 Å². The Hall–Kier alpha value is -3.54. The molecule has 248 valence electrons. The summed E-state index contributed by atoms with van der Waals surface area (Å²) >= 11 is 0. The van der Waals surface area contributed by atoms with E-state index in [2.05, 4.69) is 92.4 Å². The van der Waals surface area contributed by atoms with Gasteiger partial charge in [-0.2, -0.15) is 0 Å². The number of hydrogen-bond donors (Lipinski definition) is 1. The molecule has 0 bridgehead atoms. The summed E-state index contributed by atoms with van der Waals surface area (Å²) in [5, 5.41) is 2.78. The number of allylic oxidation sites excluding steroid dienone is 2. The molecule has 2 amide bonds. The molecule has 3 heterocycles. The van der Waals surface area contributed by atoms with Crippen LogP contribution in [0.2, 0.25) is 0 Å². The van der Waals surface area contributed by atoms with Crippen LogP contribution in [0.15, 0.2) is 73.5 Å². The highest BCUT2D eigenvalue weighted by atomic mass is 16.2. The zero-order chi connectivity index (χ0) is 33.2. The lowest BCUT2D eigenvalue weighted by molar-refractivity contribution is -0.126. The van der Waals surface area contributed by atoms with Crippen molar-refractivity contribution in [3.05, 3.63) is 84.6 Å². The van der Waals surface area contributed by atoms with Crippen molar-refractivity contribution >= 4 is 23.2 Å². The third-order valence-corrected chi connectivity index (χ3v) is 8.57. The largest absolute Gasteiger partial charge is 0.372 e. The molecule has 0 aromatic heterocycles. The first-order chi connectivity index (χ1) is 21.9. The number of benzene rings is 2. The van der Waals surface area contributed by atoms with Gasteiger partial charge in [0.1, 0.15) is 6.04 Å². The maximum absolute atomic E-state index is 12.8. The van der Waals surface area contributed by atoms with Crippen molar-refractivity contribution in [2.45, 2.75) is 105 Å². The number of fused-ring (bicyclic) bond motifs is 1. The third kappa shape index (κ3) is 11.1. The molecule has 1 unspecified atom stereocenters. The van der Waals surface area contributed by atoms with E-state index in [0.717, 1.165) is 61.5 Å². The summed E-state index contributed by atoms with van der Waals surface area (Å²) < 4.78 is 0. The number of para-hydroxylation sites is 1. The van der Waals surface area contributed by atoms with Crippen molar-refractivity contribution in [3.8, 4) is 0 Å². The molecule has 3 aliphatic rings. The average molecular weight is 617 g/mol. The number of nitrogens with one attached hydrogen (secondary N) is 1. The molecule has 0 spiro atoms. The number of hydrogen-bond acceptors (Lipinski definition) is 4. The molecule has 45 heavy (non-hydrogen) atoms. The Morgan fingerprint density at radius 1 is 0.933 bits per heavy atom. The van der Waals surface area contributed by atoms with E-state index in [1.165, 1.54) is 43.7 Å². The molecule has 2 fully saturated rings. The molecule has 0 aliphatic carbocycles. The summed E-state index contributed by atoms with van der Waals surface area (Å²) in [6.45, 7) is 25.0. The van der Waals surface area contributed by atoms with Crippen molar-refractivity contribution in [2.24, 2.45) is 5.92 Å². The van der Waals surface area contributed by atoms with Gasteiger partial charge in [0.05, 0.1) is 0 Å². The Bertz CT molecular complexity index is 1180. The third-order valence-electron chi connectivity index (χ3n) is 8.57. The average Bonchev–Trinajstić information content (AvgIpc) is 3.41. The molecule has 1 atom stereocenters. The highest BCUT2D eigenvalue weighted by Crippen LogP contribution is 2.31. The number of piperidine rings is 2. The molecule has 0 saturated carbocycles. The summed E-state index contributed by atoms with van der Waals surface area (Å²) in [5.74, 6) is 0.818. The minimum Gasteiger partial charge on any atom is -0.372 e. The van der Waals surface area contributed by atoms with Crippen LogP contribution in [-0.4, -0.2) is 48.9 Å². The number of carbonyl (C=O) groups is 2. The van der Waals surface area contributed by atoms with Gasteiger partial charge in [0.15, 0.2) is 0 Å². The fraction of sp³-hybridized carbons (Fsp3) is 0.538. The first-order valence-corrected chi connectivity index (χ1v) is 17.4. The molecule has 2 aromatic carbocycles. The van der Waals surface area contributed by atoms with E-state index >= 15 is 0 Å². The Kier molecular flexibility index (Phi) is 17.1. The molecule has 5 rings (SSSR count). The molecule has 6 heteroatoms. The number of rotatable bonds is 9. The van der Waals surface area contributed by atoms with Crippen LogP contribution in [0.4, 0.5) is 11.4 Å². The van der Waals surface area contributed by atoms with Gasteiger partial charge in [0, 0.05) is 55.4 Å². The normalized spacial score (nSPS) is 17.5. The summed E-state index contributed by atoms with van der Waals surface area (Å²) in [7, 11) is 0. The zero-order valence-corrected chi connectivity index (χ0v) is 29.1. The second-order valence-corrected chi connectivity index (χ2v) is 11.8. The molecule has 2 saturated heterocycles. The predicted octanol–water partition coefficient (Wildman–Crippen LogP) is 8.98. The van der Waals surface area contributed by atoms with Gasteiger partial charge in [-0.3, -0.25) is 9.59 Å². The topological polar surface area (TPSA) is 55.9 Å². The van der Waals surface area contributed by atoms with E-state index in [9.17, 15) is 9.59 Å². The second kappa shape index (κ2) is 20.5. The van der Waals surface area contributed by atoms with Gasteiger partial charge >= 0.3 is 0 Å². The molecule has 1 N–H and O–H groups in total. The van der Waals surface area contributed by atoms with Crippen LogP contribution in [0, 0.1) is 5.92 Å². The molecule has 6 nitrogen and oxygen atoms in total. The van der Waals surface area contributed by atoms with Gasteiger partial charge in [0.25, 0.3) is 5.91 Å². The van der Waals surface area contributed by atoms with Gasteiger partial charge < -0.3 is 20.0 Å². The predicted molar refractivity (Wildman–Crippen MR) is 193 cm³/mol. The van der Waals surface area contributed by atoms with E-state index in [4.69, 9.17) is 0 Å². The molecule has 2 aromatic rings. The number of carbonyl (C=O) groups excluding carboxylic acids is 2. The second-order valence-electron chi connectivity index (χ2n) is 11.8. The van der Waals surface area contributed by atoms with Gasteiger partial charge in [-0.1, -0.05) is 78.8 Å². The number of amides is 2. The molecular weight excluding hydrogens is 556 g/mol. The van der Waals surface area contributed by atoms with Crippen LogP contribution in [0.3, 0.4) is 0 Å². The summed E-state index contributed by atoms with van der Waals surface area (Å²) in [6.07, 6.45) is 10.6. The van der Waals surface area contributed by atoms with Crippen LogP contribution in [0.25, 0.3) is 0 Å². The van der Waals surface area contributed by atoms with Crippen molar-refractivity contribution in [3.63, 3.8) is 0 Å². The Morgan fingerprint density at radius 2 is 1.56 bits per heavy atom. The van der Waals surface area contributed by atoms with Crippen LogP contribution >= 0.6 is 0 Å². The Morgan fingerprint density at radius 3 is 2.09 bits per heavy atom. The van der Waals surface area contributed by atoms with Crippen molar-refractivity contribution in [2.75, 3.05) is 36.0 Å². The lowest BCUT2D eigenvalue weighted by atomic mass is 9.94. The Labute approximate surface area is 274 Å². The maximum atomic E-state index is 12.8. The molecule has 3 aliphatic heterocycles. The van der Waals surface area contributed by atoms with Crippen molar-refractivity contribution < 1.29 is 9.59 Å². The highest BCUT2D eigenvalue weighted by Gasteiger charge is 2.38. The Balaban J connectivity index is 0.000000296. The first-order valence-electron chi connectivity index (χ1n) is 17.4. The van der Waals surface area contributed by atoms with Gasteiger partial charge in [-0.05, 0) is 86.8 Å². The SMILES string of the molecule is C=C1CCC(N2Cc3cc(N(CCC)CCC)ccc3C2=O)C(=O)N1.C=CCC.CC.CCC1CCN(c2ccccc2)CC1. The van der Waals surface area contributed by atoms with Crippen LogP contribution in [-0.2, 0) is 11.3 Å². The van der Waals surface area contributed by atoms with E-state index in [1.807, 2.05) is 32.1 Å². The van der Waals surface area contributed by atoms with Crippen LogP contribution in [0.1, 0.15) is 109 Å². The summed E-state index contributed by atoms with van der Waals surface area (Å²) in [6, 6.07) is 16.5. The standard InChI is InChI=1S/C20H27N3O2.C13H19N.C4H8.C2H6/c1-4-10-22(11-5-2)16-7-8-17-15(12-16)13-23(20(17)25)18-9-6-14(3)21-19(18)24;1-2-12-8-10-14(11-9-12)13-6-4-3-5-7-13;1-3-4-2;1-2/h7-8,12,18H,3-6,9-11,13H2,1-2H3,(H,21,24);3-7,12H,2,8-11H2,1H3;3H,1,4H2,2H3;1-2H3. The van der Waals surface area contributed by atoms with Crippen molar-refractivity contribution in [1.29, 1.82) is 0 Å². The van der Waals surface area contributed by atoms with Crippen molar-refractivity contribution in [1.82, 2.24) is 10.2 Å². The van der Waals surface area contributed by atoms with Gasteiger partial charge in [-0.15, -0.1) is 6.58 Å². The lowest BCUT2D eigenvalue weighted by Crippen LogP contribution is -2.49. The number of anilines is 2. The fourth-order valence-corrected chi connectivity index (χ4v) is 5.99. The monoisotopic (exact) mass is 616 g/mol. The molecular formula is C39H60N4O2. The first kappa shape index (κ1) is 37.6. The lowest BCUT2D eigenvalue weighted by Gasteiger charge is -2.33. The number of nitrogens with zero attached hydrogens (tertiary/aromatic N) is 3. The minimum atomic E-state index is -0.392. The van der Waals surface area contributed by atoms with E-state index in [1.54, 1.807) is 4.90 Å². The summed E-state index contributed by atoms with van der Waals surface area (Å²) in [5.41, 5.74) is 5.05. The van der Waals surface area contributed by atoms with E-state index in [-0.39, 0.29) is 11.8 Å². The van der Waals surface area contributed by atoms with E-state index in [0.29, 0.717) is 13.0 Å².